The fourth-order valence-corrected chi connectivity index (χ4v) is 3.32. The second-order valence-corrected chi connectivity index (χ2v) is 7.14. The first kappa shape index (κ1) is 17.5. The lowest BCUT2D eigenvalue weighted by Crippen LogP contribution is -2.41. The van der Waals surface area contributed by atoms with Crippen molar-refractivity contribution in [3.63, 3.8) is 0 Å². The molecule has 1 aromatic rings. The number of hydrogen-bond donors (Lipinski definition) is 1. The first-order valence-electron chi connectivity index (χ1n) is 8.88. The van der Waals surface area contributed by atoms with E-state index in [1.165, 1.54) is 25.8 Å². The predicted octanol–water partition coefficient (Wildman–Crippen LogP) is 3.53. The third-order valence-corrected chi connectivity index (χ3v) is 5.05. The standard InChI is InChI=1S/C18H33N3O/c1-6-17(13(2)3)19-11-16-7-9-21(10-8-16)12-18-20-14(4)15(5)22-18/h13,16-17,19H,6-12H2,1-5H3/t17-/m1/s1. The van der Waals surface area contributed by atoms with Crippen LogP contribution in [0, 0.1) is 25.7 Å². The summed E-state index contributed by atoms with van der Waals surface area (Å²) in [5.41, 5.74) is 1.02. The summed E-state index contributed by atoms with van der Waals surface area (Å²) >= 11 is 0. The Morgan fingerprint density at radius 2 is 1.95 bits per heavy atom. The van der Waals surface area contributed by atoms with Crippen molar-refractivity contribution in [3.8, 4) is 0 Å². The number of nitrogens with zero attached hydrogens (tertiary/aromatic N) is 2. The average Bonchev–Trinajstić information content (AvgIpc) is 2.79. The second kappa shape index (κ2) is 8.11. The Kier molecular flexibility index (Phi) is 6.45. The summed E-state index contributed by atoms with van der Waals surface area (Å²) in [5.74, 6) is 3.37. The topological polar surface area (TPSA) is 41.3 Å². The van der Waals surface area contributed by atoms with E-state index in [0.29, 0.717) is 6.04 Å². The van der Waals surface area contributed by atoms with Crippen LogP contribution < -0.4 is 5.32 Å². The van der Waals surface area contributed by atoms with Crippen LogP contribution in [0.3, 0.4) is 0 Å². The molecule has 0 unspecified atom stereocenters. The zero-order valence-electron chi connectivity index (χ0n) is 15.0. The van der Waals surface area contributed by atoms with Gasteiger partial charge in [0, 0.05) is 6.04 Å². The van der Waals surface area contributed by atoms with Crippen molar-refractivity contribution in [1.29, 1.82) is 0 Å². The normalized spacial score (nSPS) is 19.0. The molecule has 0 aromatic carbocycles. The molecule has 1 aliphatic heterocycles. The summed E-state index contributed by atoms with van der Waals surface area (Å²) in [6.45, 7) is 15.2. The number of aryl methyl sites for hydroxylation is 2. The van der Waals surface area contributed by atoms with Crippen LogP contribution in [-0.2, 0) is 6.54 Å². The number of rotatable bonds is 7. The highest BCUT2D eigenvalue weighted by Gasteiger charge is 2.22. The van der Waals surface area contributed by atoms with Crippen molar-refractivity contribution in [1.82, 2.24) is 15.2 Å². The molecule has 4 nitrogen and oxygen atoms in total. The first-order valence-corrected chi connectivity index (χ1v) is 8.88. The Labute approximate surface area is 135 Å². The van der Waals surface area contributed by atoms with Crippen LogP contribution in [-0.4, -0.2) is 35.6 Å². The minimum Gasteiger partial charge on any atom is -0.444 e. The Morgan fingerprint density at radius 1 is 1.27 bits per heavy atom. The molecule has 1 aliphatic rings. The van der Waals surface area contributed by atoms with Gasteiger partial charge in [-0.2, -0.15) is 0 Å². The van der Waals surface area contributed by atoms with E-state index in [1.54, 1.807) is 0 Å². The first-order chi connectivity index (χ1) is 10.5. The van der Waals surface area contributed by atoms with Gasteiger partial charge >= 0.3 is 0 Å². The van der Waals surface area contributed by atoms with Crippen LogP contribution in [0.4, 0.5) is 0 Å². The lowest BCUT2D eigenvalue weighted by molar-refractivity contribution is 0.158. The zero-order valence-corrected chi connectivity index (χ0v) is 15.0. The van der Waals surface area contributed by atoms with Gasteiger partial charge < -0.3 is 9.73 Å². The molecule has 1 N–H and O–H groups in total. The monoisotopic (exact) mass is 307 g/mol. The van der Waals surface area contributed by atoms with Crippen molar-refractivity contribution >= 4 is 0 Å². The maximum absolute atomic E-state index is 5.70. The highest BCUT2D eigenvalue weighted by atomic mass is 16.4. The molecule has 22 heavy (non-hydrogen) atoms. The third-order valence-electron chi connectivity index (χ3n) is 5.05. The van der Waals surface area contributed by atoms with Crippen molar-refractivity contribution in [2.24, 2.45) is 11.8 Å². The fraction of sp³-hybridized carbons (Fsp3) is 0.833. The summed E-state index contributed by atoms with van der Waals surface area (Å²) in [6.07, 6.45) is 3.78. The number of likely N-dealkylation sites (tertiary alicyclic amines) is 1. The number of piperidine rings is 1. The molecular formula is C18H33N3O. The molecule has 0 spiro atoms. The molecule has 0 bridgehead atoms. The minimum atomic E-state index is 0.663. The highest BCUT2D eigenvalue weighted by molar-refractivity contribution is 5.05. The van der Waals surface area contributed by atoms with Crippen LogP contribution in [0.25, 0.3) is 0 Å². The summed E-state index contributed by atoms with van der Waals surface area (Å²) < 4.78 is 5.70. The van der Waals surface area contributed by atoms with Gasteiger partial charge in [0.15, 0.2) is 0 Å². The van der Waals surface area contributed by atoms with Gasteiger partial charge in [-0.1, -0.05) is 20.8 Å². The molecule has 126 valence electrons. The molecule has 0 aliphatic carbocycles. The average molecular weight is 307 g/mol. The van der Waals surface area contributed by atoms with Crippen molar-refractivity contribution in [3.05, 3.63) is 17.3 Å². The van der Waals surface area contributed by atoms with Gasteiger partial charge in [0.05, 0.1) is 12.2 Å². The SMILES string of the molecule is CC[C@@H](NCC1CCN(Cc2nc(C)c(C)o2)CC1)C(C)C. The highest BCUT2D eigenvalue weighted by Crippen LogP contribution is 2.20. The molecule has 0 saturated carbocycles. The maximum Gasteiger partial charge on any atom is 0.208 e. The van der Waals surface area contributed by atoms with E-state index in [1.807, 2.05) is 13.8 Å². The maximum atomic E-state index is 5.70. The van der Waals surface area contributed by atoms with Gasteiger partial charge in [0.25, 0.3) is 0 Å². The third kappa shape index (κ3) is 4.82. The molecule has 1 aromatic heterocycles. The van der Waals surface area contributed by atoms with Crippen molar-refractivity contribution < 1.29 is 4.42 Å². The lowest BCUT2D eigenvalue weighted by atomic mass is 9.95. The molecule has 1 fully saturated rings. The van der Waals surface area contributed by atoms with Crippen LogP contribution in [0.5, 0.6) is 0 Å². The summed E-state index contributed by atoms with van der Waals surface area (Å²) in [4.78, 5) is 6.97. The predicted molar refractivity (Wildman–Crippen MR) is 90.9 cm³/mol. The van der Waals surface area contributed by atoms with Crippen LogP contribution in [0.15, 0.2) is 4.42 Å². The molecule has 2 heterocycles. The molecule has 0 radical (unpaired) electrons. The summed E-state index contributed by atoms with van der Waals surface area (Å²) in [7, 11) is 0. The Hall–Kier alpha value is -0.870. The number of aromatic nitrogens is 1. The van der Waals surface area contributed by atoms with Crippen molar-refractivity contribution in [2.75, 3.05) is 19.6 Å². The Balaban J connectivity index is 1.71. The van der Waals surface area contributed by atoms with Gasteiger partial charge in [0.1, 0.15) is 5.76 Å². The molecule has 1 atom stereocenters. The fourth-order valence-electron chi connectivity index (χ4n) is 3.32. The van der Waals surface area contributed by atoms with Crippen LogP contribution in [0.1, 0.15) is 57.4 Å². The zero-order chi connectivity index (χ0) is 16.1. The van der Waals surface area contributed by atoms with Gasteiger partial charge in [-0.15, -0.1) is 0 Å². The van der Waals surface area contributed by atoms with E-state index < -0.39 is 0 Å². The minimum absolute atomic E-state index is 0.663. The van der Waals surface area contributed by atoms with Gasteiger partial charge in [-0.3, -0.25) is 4.90 Å². The van der Waals surface area contributed by atoms with E-state index in [2.05, 4.69) is 36.0 Å². The largest absolute Gasteiger partial charge is 0.444 e. The molecular weight excluding hydrogens is 274 g/mol. The van der Waals surface area contributed by atoms with Crippen LogP contribution >= 0.6 is 0 Å². The number of nitrogens with one attached hydrogen (secondary N) is 1. The number of hydrogen-bond acceptors (Lipinski definition) is 4. The molecule has 2 rings (SSSR count). The Bertz CT molecular complexity index is 428. The quantitative estimate of drug-likeness (QED) is 0.837. The van der Waals surface area contributed by atoms with E-state index in [9.17, 15) is 0 Å². The molecule has 1 saturated heterocycles. The van der Waals surface area contributed by atoms with Gasteiger partial charge in [-0.05, 0) is 64.6 Å². The van der Waals surface area contributed by atoms with E-state index in [-0.39, 0.29) is 0 Å². The summed E-state index contributed by atoms with van der Waals surface area (Å²) in [6, 6.07) is 0.663. The Morgan fingerprint density at radius 3 is 2.45 bits per heavy atom. The van der Waals surface area contributed by atoms with E-state index in [0.717, 1.165) is 48.8 Å². The molecule has 0 amide bonds. The van der Waals surface area contributed by atoms with Gasteiger partial charge in [-0.25, -0.2) is 4.98 Å². The van der Waals surface area contributed by atoms with Gasteiger partial charge in [0.2, 0.25) is 5.89 Å². The van der Waals surface area contributed by atoms with Crippen molar-refractivity contribution in [2.45, 2.75) is 66.5 Å². The smallest absolute Gasteiger partial charge is 0.208 e. The lowest BCUT2D eigenvalue weighted by Gasteiger charge is -2.32. The van der Waals surface area contributed by atoms with Crippen LogP contribution in [0.2, 0.25) is 0 Å². The van der Waals surface area contributed by atoms with E-state index in [4.69, 9.17) is 4.42 Å². The number of oxazole rings is 1. The summed E-state index contributed by atoms with van der Waals surface area (Å²) in [5, 5.41) is 3.76. The second-order valence-electron chi connectivity index (χ2n) is 7.14. The molecule has 4 heteroatoms. The van der Waals surface area contributed by atoms with E-state index >= 15 is 0 Å².